The summed E-state index contributed by atoms with van der Waals surface area (Å²) >= 11 is 2.05. The molecule has 0 fully saturated rings. The van der Waals surface area contributed by atoms with Gasteiger partial charge in [0.1, 0.15) is 5.82 Å². The standard InChI is InChI=1S/C15H14FIN2O2/c1-9-5-11(6-10(2)15(9)16)8-18-14-4-3-12(19(20)21)7-13(14)17/h3-7,18H,8H2,1-2H3. The van der Waals surface area contributed by atoms with Gasteiger partial charge in [0.25, 0.3) is 5.69 Å². The number of non-ortho nitro benzene ring substituents is 1. The summed E-state index contributed by atoms with van der Waals surface area (Å²) < 4.78 is 14.3. The first kappa shape index (κ1) is 15.7. The van der Waals surface area contributed by atoms with Gasteiger partial charge in [0, 0.05) is 27.9 Å². The number of nitro benzene ring substituents is 1. The number of nitrogens with one attached hydrogen (secondary N) is 1. The maximum atomic E-state index is 13.6. The van der Waals surface area contributed by atoms with Gasteiger partial charge in [-0.15, -0.1) is 0 Å². The van der Waals surface area contributed by atoms with Gasteiger partial charge in [-0.2, -0.15) is 0 Å². The number of hydrogen-bond donors (Lipinski definition) is 1. The molecule has 0 aliphatic carbocycles. The van der Waals surface area contributed by atoms with Crippen molar-refractivity contribution in [3.8, 4) is 0 Å². The van der Waals surface area contributed by atoms with Crippen molar-refractivity contribution in [3.63, 3.8) is 0 Å². The first-order valence-corrected chi connectivity index (χ1v) is 7.40. The van der Waals surface area contributed by atoms with Crippen LogP contribution in [-0.2, 0) is 6.54 Å². The molecule has 21 heavy (non-hydrogen) atoms. The van der Waals surface area contributed by atoms with Gasteiger partial charge in [0.05, 0.1) is 4.92 Å². The van der Waals surface area contributed by atoms with Crippen molar-refractivity contribution >= 4 is 34.0 Å². The molecule has 0 heterocycles. The van der Waals surface area contributed by atoms with E-state index in [0.717, 1.165) is 14.8 Å². The minimum Gasteiger partial charge on any atom is -0.380 e. The lowest BCUT2D eigenvalue weighted by atomic mass is 10.1. The Morgan fingerprint density at radius 2 is 1.86 bits per heavy atom. The Hall–Kier alpha value is -1.70. The number of hydrogen-bond acceptors (Lipinski definition) is 3. The fraction of sp³-hybridized carbons (Fsp3) is 0.200. The number of nitrogens with zero attached hydrogens (tertiary/aromatic N) is 1. The molecule has 0 atom stereocenters. The minimum atomic E-state index is -0.418. The monoisotopic (exact) mass is 400 g/mol. The summed E-state index contributed by atoms with van der Waals surface area (Å²) in [5.74, 6) is -0.177. The summed E-state index contributed by atoms with van der Waals surface area (Å²) in [5, 5.41) is 13.9. The van der Waals surface area contributed by atoms with Crippen LogP contribution in [0, 0.1) is 33.3 Å². The van der Waals surface area contributed by atoms with Gasteiger partial charge < -0.3 is 5.32 Å². The van der Waals surface area contributed by atoms with Crippen molar-refractivity contribution in [1.82, 2.24) is 0 Å². The molecule has 2 aromatic rings. The van der Waals surface area contributed by atoms with Gasteiger partial charge in [-0.25, -0.2) is 4.39 Å². The molecule has 6 heteroatoms. The molecule has 0 saturated heterocycles. The topological polar surface area (TPSA) is 55.2 Å². The summed E-state index contributed by atoms with van der Waals surface area (Å²) in [7, 11) is 0. The third-order valence-electron chi connectivity index (χ3n) is 3.14. The Labute approximate surface area is 135 Å². The summed E-state index contributed by atoms with van der Waals surface area (Å²) in [6, 6.07) is 8.26. The quantitative estimate of drug-likeness (QED) is 0.465. The largest absolute Gasteiger partial charge is 0.380 e. The zero-order valence-electron chi connectivity index (χ0n) is 11.6. The van der Waals surface area contributed by atoms with Crippen LogP contribution in [0.5, 0.6) is 0 Å². The van der Waals surface area contributed by atoms with Crippen LogP contribution in [0.4, 0.5) is 15.8 Å². The highest BCUT2D eigenvalue weighted by molar-refractivity contribution is 14.1. The van der Waals surface area contributed by atoms with Gasteiger partial charge in [0.2, 0.25) is 0 Å². The zero-order valence-corrected chi connectivity index (χ0v) is 13.8. The smallest absolute Gasteiger partial charge is 0.270 e. The molecule has 2 aromatic carbocycles. The van der Waals surface area contributed by atoms with Crippen LogP contribution >= 0.6 is 22.6 Å². The molecule has 1 N–H and O–H groups in total. The molecule has 0 unspecified atom stereocenters. The molecule has 0 spiro atoms. The average molecular weight is 400 g/mol. The van der Waals surface area contributed by atoms with E-state index >= 15 is 0 Å². The van der Waals surface area contributed by atoms with Crippen molar-refractivity contribution < 1.29 is 9.31 Å². The van der Waals surface area contributed by atoms with E-state index in [9.17, 15) is 14.5 Å². The molecule has 110 valence electrons. The number of halogens is 2. The highest BCUT2D eigenvalue weighted by Crippen LogP contribution is 2.24. The summed E-state index contributed by atoms with van der Waals surface area (Å²) in [6.45, 7) is 4.01. The van der Waals surface area contributed by atoms with E-state index in [2.05, 4.69) is 27.9 Å². The molecule has 0 aliphatic heterocycles. The predicted molar refractivity (Wildman–Crippen MR) is 89.0 cm³/mol. The molecule has 0 aromatic heterocycles. The van der Waals surface area contributed by atoms with E-state index < -0.39 is 4.92 Å². The molecule has 0 bridgehead atoms. The van der Waals surface area contributed by atoms with E-state index in [1.165, 1.54) is 12.1 Å². The zero-order chi connectivity index (χ0) is 15.6. The van der Waals surface area contributed by atoms with Crippen LogP contribution < -0.4 is 5.32 Å². The lowest BCUT2D eigenvalue weighted by Crippen LogP contribution is -2.03. The number of rotatable bonds is 4. The highest BCUT2D eigenvalue weighted by atomic mass is 127. The van der Waals surface area contributed by atoms with E-state index in [1.54, 1.807) is 32.0 Å². The van der Waals surface area contributed by atoms with Crippen molar-refractivity contribution in [3.05, 3.63) is 66.5 Å². The normalized spacial score (nSPS) is 10.5. The Morgan fingerprint density at radius 3 is 2.38 bits per heavy atom. The van der Waals surface area contributed by atoms with Crippen molar-refractivity contribution in [1.29, 1.82) is 0 Å². The average Bonchev–Trinajstić information content (AvgIpc) is 2.43. The third-order valence-corrected chi connectivity index (χ3v) is 4.04. The second kappa shape index (κ2) is 6.38. The van der Waals surface area contributed by atoms with Gasteiger partial charge in [0.15, 0.2) is 0 Å². The maximum Gasteiger partial charge on any atom is 0.270 e. The van der Waals surface area contributed by atoms with Crippen LogP contribution in [0.2, 0.25) is 0 Å². The number of benzene rings is 2. The lowest BCUT2D eigenvalue weighted by Gasteiger charge is -2.11. The van der Waals surface area contributed by atoms with Gasteiger partial charge in [-0.3, -0.25) is 10.1 Å². The Balaban J connectivity index is 2.15. The fourth-order valence-corrected chi connectivity index (χ4v) is 2.79. The molecule has 2 rings (SSSR count). The lowest BCUT2D eigenvalue weighted by molar-refractivity contribution is -0.384. The number of nitro groups is 1. The molecular weight excluding hydrogens is 386 g/mol. The van der Waals surface area contributed by atoms with Gasteiger partial charge >= 0.3 is 0 Å². The van der Waals surface area contributed by atoms with Crippen molar-refractivity contribution in [2.45, 2.75) is 20.4 Å². The van der Waals surface area contributed by atoms with Gasteiger partial charge in [-0.05, 0) is 59.2 Å². The minimum absolute atomic E-state index is 0.0680. The van der Waals surface area contributed by atoms with E-state index in [1.807, 2.05) is 0 Å². The summed E-state index contributed by atoms with van der Waals surface area (Å²) in [5.41, 5.74) is 3.09. The van der Waals surface area contributed by atoms with Crippen LogP contribution in [0.1, 0.15) is 16.7 Å². The molecule has 0 radical (unpaired) electrons. The van der Waals surface area contributed by atoms with Crippen LogP contribution in [0.25, 0.3) is 0 Å². The first-order chi connectivity index (χ1) is 9.88. The Kier molecular flexibility index (Phi) is 4.76. The molecule has 0 aliphatic rings. The molecule has 4 nitrogen and oxygen atoms in total. The maximum absolute atomic E-state index is 13.6. The van der Waals surface area contributed by atoms with E-state index in [-0.39, 0.29) is 11.5 Å². The second-order valence-corrected chi connectivity index (χ2v) is 5.98. The third kappa shape index (κ3) is 3.69. The predicted octanol–water partition coefficient (Wildman–Crippen LogP) is 4.57. The van der Waals surface area contributed by atoms with Crippen LogP contribution in [0.3, 0.4) is 0 Å². The Morgan fingerprint density at radius 1 is 1.24 bits per heavy atom. The van der Waals surface area contributed by atoms with E-state index in [4.69, 9.17) is 0 Å². The number of anilines is 1. The van der Waals surface area contributed by atoms with Gasteiger partial charge in [-0.1, -0.05) is 12.1 Å². The Bertz CT molecular complexity index is 681. The molecule has 0 saturated carbocycles. The SMILES string of the molecule is Cc1cc(CNc2ccc([N+](=O)[O-])cc2I)cc(C)c1F. The summed E-state index contributed by atoms with van der Waals surface area (Å²) in [4.78, 5) is 10.3. The van der Waals surface area contributed by atoms with Crippen molar-refractivity contribution in [2.75, 3.05) is 5.32 Å². The molecular formula is C15H14FIN2O2. The number of aryl methyl sites for hydroxylation is 2. The van der Waals surface area contributed by atoms with Crippen molar-refractivity contribution in [2.24, 2.45) is 0 Å². The molecule has 0 amide bonds. The first-order valence-electron chi connectivity index (χ1n) is 6.32. The van der Waals surface area contributed by atoms with Crippen LogP contribution in [-0.4, -0.2) is 4.92 Å². The highest BCUT2D eigenvalue weighted by Gasteiger charge is 2.09. The second-order valence-electron chi connectivity index (χ2n) is 4.82. The van der Waals surface area contributed by atoms with Crippen LogP contribution in [0.15, 0.2) is 30.3 Å². The fourth-order valence-electron chi connectivity index (χ4n) is 2.10. The van der Waals surface area contributed by atoms with E-state index in [0.29, 0.717) is 17.7 Å². The summed E-state index contributed by atoms with van der Waals surface area (Å²) in [6.07, 6.45) is 0.